The summed E-state index contributed by atoms with van der Waals surface area (Å²) in [6.45, 7) is 2.17. The van der Waals surface area contributed by atoms with Crippen molar-refractivity contribution in [2.45, 2.75) is 25.9 Å². The number of hydrogen-bond acceptors (Lipinski definition) is 2. The van der Waals surface area contributed by atoms with Crippen molar-refractivity contribution in [1.29, 1.82) is 0 Å². The highest BCUT2D eigenvalue weighted by atomic mass is 79.9. The van der Waals surface area contributed by atoms with Gasteiger partial charge in [0.1, 0.15) is 6.10 Å². The molecule has 1 aromatic carbocycles. The summed E-state index contributed by atoms with van der Waals surface area (Å²) in [7, 11) is 0. The average molecular weight is 311 g/mol. The normalized spacial score (nSPS) is 12.6. The van der Waals surface area contributed by atoms with Gasteiger partial charge in [0.25, 0.3) is 0 Å². The van der Waals surface area contributed by atoms with Gasteiger partial charge in [-0.1, -0.05) is 41.4 Å². The van der Waals surface area contributed by atoms with Crippen molar-refractivity contribution in [1.82, 2.24) is 0 Å². The molecule has 3 heteroatoms. The Kier molecular flexibility index (Phi) is 4.37. The first-order chi connectivity index (χ1) is 8.20. The van der Waals surface area contributed by atoms with Crippen LogP contribution in [0, 0.1) is 0 Å². The Morgan fingerprint density at radius 1 is 1.35 bits per heavy atom. The monoisotopic (exact) mass is 310 g/mol. The van der Waals surface area contributed by atoms with Gasteiger partial charge in [0.15, 0.2) is 0 Å². The molecule has 0 aliphatic carbocycles. The lowest BCUT2D eigenvalue weighted by Gasteiger charge is -2.08. The quantitative estimate of drug-likeness (QED) is 0.878. The molecule has 0 bridgehead atoms. The maximum atomic E-state index is 10.3. The summed E-state index contributed by atoms with van der Waals surface area (Å²) in [6.07, 6.45) is 1.72. The molecule has 2 aromatic rings. The van der Waals surface area contributed by atoms with Crippen molar-refractivity contribution in [3.8, 4) is 0 Å². The Labute approximate surface area is 114 Å². The second-order valence-corrected chi connectivity index (χ2v) is 5.92. The predicted octanol–water partition coefficient (Wildman–Crippen LogP) is 4.54. The number of thiophene rings is 1. The van der Waals surface area contributed by atoms with Crippen LogP contribution in [0.15, 0.2) is 40.2 Å². The smallest absolute Gasteiger partial charge is 0.113 e. The molecule has 1 nitrogen and oxygen atoms in total. The summed E-state index contributed by atoms with van der Waals surface area (Å²) in [5, 5.41) is 12.4. The number of benzene rings is 1. The number of aliphatic hydroxyl groups is 1. The minimum atomic E-state index is -0.511. The van der Waals surface area contributed by atoms with Crippen molar-refractivity contribution in [2.24, 2.45) is 0 Å². The Bertz CT molecular complexity index is 492. The molecule has 0 radical (unpaired) electrons. The van der Waals surface area contributed by atoms with Crippen LogP contribution >= 0.6 is 27.3 Å². The second kappa shape index (κ2) is 5.80. The third-order valence-corrected chi connectivity index (χ3v) is 4.17. The van der Waals surface area contributed by atoms with Crippen LogP contribution in [0.3, 0.4) is 0 Å². The van der Waals surface area contributed by atoms with Crippen molar-refractivity contribution >= 4 is 27.3 Å². The maximum absolute atomic E-state index is 10.3. The van der Waals surface area contributed by atoms with E-state index >= 15 is 0 Å². The fourth-order valence-electron chi connectivity index (χ4n) is 1.80. The van der Waals surface area contributed by atoms with E-state index in [2.05, 4.69) is 34.3 Å². The lowest BCUT2D eigenvalue weighted by molar-refractivity contribution is 0.224. The molecule has 1 heterocycles. The third kappa shape index (κ3) is 3.18. The molecule has 1 aromatic heterocycles. The Morgan fingerprint density at radius 3 is 2.88 bits per heavy atom. The molecule has 0 spiro atoms. The van der Waals surface area contributed by atoms with E-state index in [0.29, 0.717) is 0 Å². The summed E-state index contributed by atoms with van der Waals surface area (Å²) in [4.78, 5) is 1.02. The van der Waals surface area contributed by atoms with Crippen LogP contribution in [0.25, 0.3) is 0 Å². The topological polar surface area (TPSA) is 20.2 Å². The summed E-state index contributed by atoms with van der Waals surface area (Å²) in [6, 6.07) is 9.94. The molecule has 17 heavy (non-hydrogen) atoms. The fourth-order valence-corrected chi connectivity index (χ4v) is 3.17. The standard InChI is InChI=1S/C14H15BrOS/c1-2-4-10-7-13(17-9-10)14(16)11-5-3-6-12(15)8-11/h3,5-9,14,16H,2,4H2,1H3. The molecule has 0 saturated heterocycles. The molecule has 0 amide bonds. The van der Waals surface area contributed by atoms with Crippen LogP contribution in [-0.4, -0.2) is 5.11 Å². The average Bonchev–Trinajstić information content (AvgIpc) is 2.77. The highest BCUT2D eigenvalue weighted by molar-refractivity contribution is 9.10. The molecule has 90 valence electrons. The van der Waals surface area contributed by atoms with Gasteiger partial charge in [-0.15, -0.1) is 11.3 Å². The second-order valence-electron chi connectivity index (χ2n) is 4.06. The fraction of sp³-hybridized carbons (Fsp3) is 0.286. The highest BCUT2D eigenvalue weighted by Gasteiger charge is 2.12. The molecule has 1 unspecified atom stereocenters. The first kappa shape index (κ1) is 12.8. The molecule has 2 rings (SSSR count). The minimum Gasteiger partial charge on any atom is -0.383 e. The van der Waals surface area contributed by atoms with Gasteiger partial charge < -0.3 is 5.11 Å². The summed E-state index contributed by atoms with van der Waals surface area (Å²) < 4.78 is 0.999. The first-order valence-corrected chi connectivity index (χ1v) is 7.39. The zero-order chi connectivity index (χ0) is 12.3. The Balaban J connectivity index is 2.21. The van der Waals surface area contributed by atoms with Crippen molar-refractivity contribution < 1.29 is 5.11 Å². The van der Waals surface area contributed by atoms with Crippen LogP contribution < -0.4 is 0 Å². The van der Waals surface area contributed by atoms with Crippen LogP contribution in [-0.2, 0) is 6.42 Å². The summed E-state index contributed by atoms with van der Waals surface area (Å²) in [5.41, 5.74) is 2.26. The maximum Gasteiger partial charge on any atom is 0.113 e. The van der Waals surface area contributed by atoms with E-state index in [1.807, 2.05) is 24.3 Å². The molecule has 0 aliphatic heterocycles. The van der Waals surface area contributed by atoms with E-state index in [-0.39, 0.29) is 0 Å². The van der Waals surface area contributed by atoms with E-state index in [4.69, 9.17) is 0 Å². The Hall–Kier alpha value is -0.640. The molecular formula is C14H15BrOS. The number of rotatable bonds is 4. The van der Waals surface area contributed by atoms with E-state index < -0.39 is 6.10 Å². The van der Waals surface area contributed by atoms with Crippen LogP contribution in [0.2, 0.25) is 0 Å². The predicted molar refractivity (Wildman–Crippen MR) is 76.5 cm³/mol. The number of aryl methyl sites for hydroxylation is 1. The van der Waals surface area contributed by atoms with Gasteiger partial charge in [-0.25, -0.2) is 0 Å². The van der Waals surface area contributed by atoms with Gasteiger partial charge in [-0.3, -0.25) is 0 Å². The SMILES string of the molecule is CCCc1csc(C(O)c2cccc(Br)c2)c1. The molecular weight excluding hydrogens is 296 g/mol. The van der Waals surface area contributed by atoms with Crippen molar-refractivity contribution in [3.63, 3.8) is 0 Å². The number of hydrogen-bond donors (Lipinski definition) is 1. The van der Waals surface area contributed by atoms with Crippen molar-refractivity contribution in [2.75, 3.05) is 0 Å². The lowest BCUT2D eigenvalue weighted by Crippen LogP contribution is -1.96. The number of halogens is 1. The molecule has 0 saturated carbocycles. The van der Waals surface area contributed by atoms with Crippen LogP contribution in [0.5, 0.6) is 0 Å². The first-order valence-electron chi connectivity index (χ1n) is 5.71. The molecule has 0 fully saturated rings. The molecule has 1 atom stereocenters. The highest BCUT2D eigenvalue weighted by Crippen LogP contribution is 2.29. The third-order valence-electron chi connectivity index (χ3n) is 2.65. The van der Waals surface area contributed by atoms with E-state index in [1.165, 1.54) is 5.56 Å². The van der Waals surface area contributed by atoms with E-state index in [0.717, 1.165) is 27.8 Å². The zero-order valence-corrected chi connectivity index (χ0v) is 12.1. The van der Waals surface area contributed by atoms with Gasteiger partial charge in [-0.2, -0.15) is 0 Å². The largest absolute Gasteiger partial charge is 0.383 e. The van der Waals surface area contributed by atoms with Gasteiger partial charge in [0.05, 0.1) is 0 Å². The summed E-state index contributed by atoms with van der Waals surface area (Å²) in [5.74, 6) is 0. The lowest BCUT2D eigenvalue weighted by atomic mass is 10.1. The molecule has 0 aliphatic rings. The van der Waals surface area contributed by atoms with E-state index in [9.17, 15) is 5.11 Å². The van der Waals surface area contributed by atoms with Gasteiger partial charge in [-0.05, 0) is 41.1 Å². The van der Waals surface area contributed by atoms with Crippen molar-refractivity contribution in [3.05, 3.63) is 56.2 Å². The zero-order valence-electron chi connectivity index (χ0n) is 9.69. The van der Waals surface area contributed by atoms with Gasteiger partial charge >= 0.3 is 0 Å². The van der Waals surface area contributed by atoms with Gasteiger partial charge in [0.2, 0.25) is 0 Å². The molecule has 1 N–H and O–H groups in total. The van der Waals surface area contributed by atoms with Crippen LogP contribution in [0.4, 0.5) is 0 Å². The van der Waals surface area contributed by atoms with Crippen LogP contribution in [0.1, 0.15) is 35.5 Å². The minimum absolute atomic E-state index is 0.511. The Morgan fingerprint density at radius 2 is 2.18 bits per heavy atom. The van der Waals surface area contributed by atoms with E-state index in [1.54, 1.807) is 11.3 Å². The number of aliphatic hydroxyl groups excluding tert-OH is 1. The summed E-state index contributed by atoms with van der Waals surface area (Å²) >= 11 is 5.06. The van der Waals surface area contributed by atoms with Gasteiger partial charge in [0, 0.05) is 9.35 Å².